The normalized spacial score (nSPS) is 19.8. The highest BCUT2D eigenvalue weighted by Crippen LogP contribution is 2.20. The van der Waals surface area contributed by atoms with Crippen molar-refractivity contribution in [2.24, 2.45) is 7.05 Å². The van der Waals surface area contributed by atoms with Gasteiger partial charge in [-0.15, -0.1) is 0 Å². The van der Waals surface area contributed by atoms with Gasteiger partial charge in [-0.05, 0) is 15.9 Å². The van der Waals surface area contributed by atoms with Crippen LogP contribution in [0.15, 0.2) is 4.73 Å². The molecule has 0 saturated heterocycles. The van der Waals surface area contributed by atoms with Crippen LogP contribution in [0.1, 0.15) is 11.4 Å². The first-order valence-corrected chi connectivity index (χ1v) is 5.44. The fraction of sp³-hybridized carbons (Fsp3) is 0.556. The number of carbonyl (C=O) groups is 1. The lowest BCUT2D eigenvalue weighted by Gasteiger charge is -2.21. The van der Waals surface area contributed by atoms with Crippen molar-refractivity contribution in [3.8, 4) is 0 Å². The van der Waals surface area contributed by atoms with E-state index in [0.717, 1.165) is 16.1 Å². The van der Waals surface area contributed by atoms with E-state index in [2.05, 4.69) is 26.2 Å². The highest BCUT2D eigenvalue weighted by atomic mass is 79.9. The molecule has 1 atom stereocenters. The Morgan fingerprint density at radius 3 is 3.13 bits per heavy atom. The summed E-state index contributed by atoms with van der Waals surface area (Å²) in [5.74, 6) is -0.234. The van der Waals surface area contributed by atoms with Crippen molar-refractivity contribution < 1.29 is 9.53 Å². The Labute approximate surface area is 95.9 Å². The molecular formula is C9H12BrN3O2. The molecule has 0 amide bonds. The maximum atomic E-state index is 11.3. The fourth-order valence-electron chi connectivity index (χ4n) is 1.73. The van der Waals surface area contributed by atoms with Gasteiger partial charge in [0.15, 0.2) is 4.73 Å². The zero-order valence-corrected chi connectivity index (χ0v) is 10.2. The number of ether oxygens (including phenoxy) is 1. The van der Waals surface area contributed by atoms with E-state index in [1.165, 1.54) is 7.11 Å². The average Bonchev–Trinajstić information content (AvgIpc) is 2.53. The van der Waals surface area contributed by atoms with E-state index in [1.54, 1.807) is 0 Å². The molecule has 1 unspecified atom stereocenters. The van der Waals surface area contributed by atoms with Crippen LogP contribution in [-0.4, -0.2) is 28.7 Å². The number of aromatic nitrogens is 2. The Bertz CT molecular complexity index is 402. The van der Waals surface area contributed by atoms with Crippen molar-refractivity contribution in [1.29, 1.82) is 0 Å². The second-order valence-electron chi connectivity index (χ2n) is 3.49. The van der Waals surface area contributed by atoms with Crippen molar-refractivity contribution in [3.63, 3.8) is 0 Å². The Balaban J connectivity index is 2.24. The van der Waals surface area contributed by atoms with E-state index in [4.69, 9.17) is 4.74 Å². The van der Waals surface area contributed by atoms with Gasteiger partial charge in [0.05, 0.1) is 18.5 Å². The molecule has 1 N–H and O–H groups in total. The summed E-state index contributed by atoms with van der Waals surface area (Å²) < 4.78 is 7.45. The minimum Gasteiger partial charge on any atom is -0.468 e. The van der Waals surface area contributed by atoms with Gasteiger partial charge in [-0.3, -0.25) is 10.1 Å². The van der Waals surface area contributed by atoms with Gasteiger partial charge in [-0.1, -0.05) is 0 Å². The maximum Gasteiger partial charge on any atom is 0.323 e. The number of fused-ring (bicyclic) bond motifs is 1. The van der Waals surface area contributed by atoms with Crippen molar-refractivity contribution in [2.75, 3.05) is 7.11 Å². The largest absolute Gasteiger partial charge is 0.468 e. The quantitative estimate of drug-likeness (QED) is 0.752. The lowest BCUT2D eigenvalue weighted by Crippen LogP contribution is -2.42. The number of imidazole rings is 1. The van der Waals surface area contributed by atoms with Gasteiger partial charge in [0, 0.05) is 20.0 Å². The Morgan fingerprint density at radius 2 is 2.47 bits per heavy atom. The van der Waals surface area contributed by atoms with Crippen LogP contribution >= 0.6 is 15.9 Å². The number of carbonyl (C=O) groups excluding carboxylic acids is 1. The van der Waals surface area contributed by atoms with E-state index >= 15 is 0 Å². The fourth-order valence-corrected chi connectivity index (χ4v) is 2.16. The standard InChI is InChI=1S/C9H12BrN3O2/c1-13-7-4-11-6(8(14)15-2)3-5(7)12-9(13)10/h6,11H,3-4H2,1-2H3. The molecule has 1 aromatic rings. The van der Waals surface area contributed by atoms with Crippen molar-refractivity contribution >= 4 is 21.9 Å². The lowest BCUT2D eigenvalue weighted by molar-refractivity contribution is -0.143. The molecule has 0 aliphatic carbocycles. The summed E-state index contributed by atoms with van der Waals surface area (Å²) in [6.07, 6.45) is 0.585. The van der Waals surface area contributed by atoms with E-state index < -0.39 is 0 Å². The van der Waals surface area contributed by atoms with Crippen LogP contribution in [0, 0.1) is 0 Å². The molecule has 0 radical (unpaired) electrons. The smallest absolute Gasteiger partial charge is 0.323 e. The molecular weight excluding hydrogens is 262 g/mol. The first-order chi connectivity index (χ1) is 7.13. The summed E-state index contributed by atoms with van der Waals surface area (Å²) in [6.45, 7) is 0.643. The summed E-state index contributed by atoms with van der Waals surface area (Å²) in [7, 11) is 3.34. The summed E-state index contributed by atoms with van der Waals surface area (Å²) in [5.41, 5.74) is 2.07. The first kappa shape index (κ1) is 10.6. The number of hydrogen-bond acceptors (Lipinski definition) is 4. The molecule has 82 valence electrons. The van der Waals surface area contributed by atoms with E-state index in [9.17, 15) is 4.79 Å². The monoisotopic (exact) mass is 273 g/mol. The van der Waals surface area contributed by atoms with E-state index in [-0.39, 0.29) is 12.0 Å². The number of halogens is 1. The van der Waals surface area contributed by atoms with E-state index in [1.807, 2.05) is 11.6 Å². The average molecular weight is 274 g/mol. The van der Waals surface area contributed by atoms with Gasteiger partial charge in [0.2, 0.25) is 0 Å². The van der Waals surface area contributed by atoms with Crippen molar-refractivity contribution in [1.82, 2.24) is 14.9 Å². The molecule has 5 nitrogen and oxygen atoms in total. The van der Waals surface area contributed by atoms with Crippen molar-refractivity contribution in [2.45, 2.75) is 19.0 Å². The number of nitrogens with zero attached hydrogens (tertiary/aromatic N) is 2. The second kappa shape index (κ2) is 3.94. The summed E-state index contributed by atoms with van der Waals surface area (Å²) >= 11 is 3.36. The molecule has 15 heavy (non-hydrogen) atoms. The molecule has 1 aromatic heterocycles. The van der Waals surface area contributed by atoms with E-state index in [0.29, 0.717) is 13.0 Å². The SMILES string of the molecule is COC(=O)C1Cc2nc(Br)n(C)c2CN1. The zero-order valence-electron chi connectivity index (χ0n) is 8.58. The summed E-state index contributed by atoms with van der Waals surface area (Å²) in [5, 5.41) is 3.12. The number of hydrogen-bond donors (Lipinski definition) is 1. The van der Waals surface area contributed by atoms with Crippen LogP contribution in [0.25, 0.3) is 0 Å². The van der Waals surface area contributed by atoms with Gasteiger partial charge in [0.1, 0.15) is 6.04 Å². The van der Waals surface area contributed by atoms with Gasteiger partial charge in [-0.25, -0.2) is 4.98 Å². The minimum absolute atomic E-state index is 0.234. The van der Waals surface area contributed by atoms with Crippen LogP contribution < -0.4 is 5.32 Å². The van der Waals surface area contributed by atoms with Gasteiger partial charge in [-0.2, -0.15) is 0 Å². The number of nitrogens with one attached hydrogen (secondary N) is 1. The molecule has 6 heteroatoms. The van der Waals surface area contributed by atoms with Crippen LogP contribution in [0.3, 0.4) is 0 Å². The van der Waals surface area contributed by atoms with Crippen LogP contribution in [-0.2, 0) is 29.5 Å². The zero-order chi connectivity index (χ0) is 11.0. The third-order valence-electron chi connectivity index (χ3n) is 2.64. The highest BCUT2D eigenvalue weighted by Gasteiger charge is 2.28. The lowest BCUT2D eigenvalue weighted by atomic mass is 10.1. The molecule has 0 fully saturated rings. The third kappa shape index (κ3) is 1.79. The molecule has 1 aliphatic rings. The van der Waals surface area contributed by atoms with Crippen LogP contribution in [0.2, 0.25) is 0 Å². The predicted octanol–water partition coefficient (Wildman–Crippen LogP) is 0.370. The molecule has 0 saturated carbocycles. The van der Waals surface area contributed by atoms with Gasteiger partial charge < -0.3 is 9.30 Å². The molecule has 2 heterocycles. The Hall–Kier alpha value is -0.880. The topological polar surface area (TPSA) is 56.1 Å². The van der Waals surface area contributed by atoms with Crippen LogP contribution in [0.5, 0.6) is 0 Å². The number of rotatable bonds is 1. The number of esters is 1. The summed E-state index contributed by atoms with van der Waals surface area (Å²) in [6, 6.07) is -0.274. The van der Waals surface area contributed by atoms with Gasteiger partial charge >= 0.3 is 5.97 Å². The molecule has 1 aliphatic heterocycles. The van der Waals surface area contributed by atoms with Crippen LogP contribution in [0.4, 0.5) is 0 Å². The molecule has 0 spiro atoms. The van der Waals surface area contributed by atoms with Gasteiger partial charge in [0.25, 0.3) is 0 Å². The third-order valence-corrected chi connectivity index (χ3v) is 3.35. The minimum atomic E-state index is -0.274. The van der Waals surface area contributed by atoms with Crippen molar-refractivity contribution in [3.05, 3.63) is 16.1 Å². The molecule has 0 bridgehead atoms. The highest BCUT2D eigenvalue weighted by molar-refractivity contribution is 9.10. The predicted molar refractivity (Wildman–Crippen MR) is 57.3 cm³/mol. The number of methoxy groups -OCH3 is 1. The molecule has 0 aromatic carbocycles. The maximum absolute atomic E-state index is 11.3. The second-order valence-corrected chi connectivity index (χ2v) is 4.20. The Kier molecular flexibility index (Phi) is 2.79. The molecule has 2 rings (SSSR count). The first-order valence-electron chi connectivity index (χ1n) is 4.64. The summed E-state index contributed by atoms with van der Waals surface area (Å²) in [4.78, 5) is 15.7. The Morgan fingerprint density at radius 1 is 1.73 bits per heavy atom.